The molecule has 0 radical (unpaired) electrons. The first-order valence-corrected chi connectivity index (χ1v) is 5.44. The van der Waals surface area contributed by atoms with Gasteiger partial charge in [0.05, 0.1) is 0 Å². The largest absolute Gasteiger partial charge is 0.361 e. The highest BCUT2D eigenvalue weighted by Gasteiger charge is 2.18. The van der Waals surface area contributed by atoms with Gasteiger partial charge in [-0.25, -0.2) is 0 Å². The Morgan fingerprint density at radius 1 is 1.29 bits per heavy atom. The average molecular weight is 239 g/mol. The molecule has 0 aromatic carbocycles. The van der Waals surface area contributed by atoms with Crippen molar-refractivity contribution < 1.29 is 14.1 Å². The van der Waals surface area contributed by atoms with Gasteiger partial charge in [-0.1, -0.05) is 5.16 Å². The van der Waals surface area contributed by atoms with Crippen molar-refractivity contribution in [2.45, 2.75) is 39.8 Å². The van der Waals surface area contributed by atoms with Gasteiger partial charge < -0.3 is 15.2 Å². The standard InChI is InChI=1S/C11H17N3O3/c1-6(2)12-10(15)8(4)13-11(16)9-5-7(3)17-14-9/h5-6,8H,1-4H3,(H,12,15)(H,13,16). The van der Waals surface area contributed by atoms with Gasteiger partial charge in [0.15, 0.2) is 5.69 Å². The summed E-state index contributed by atoms with van der Waals surface area (Å²) >= 11 is 0. The highest BCUT2D eigenvalue weighted by Crippen LogP contribution is 2.01. The number of aryl methyl sites for hydroxylation is 1. The van der Waals surface area contributed by atoms with E-state index in [0.29, 0.717) is 5.76 Å². The van der Waals surface area contributed by atoms with Crippen molar-refractivity contribution >= 4 is 11.8 Å². The van der Waals surface area contributed by atoms with Gasteiger partial charge in [-0.3, -0.25) is 9.59 Å². The number of nitrogens with one attached hydrogen (secondary N) is 2. The summed E-state index contributed by atoms with van der Waals surface area (Å²) < 4.78 is 4.78. The van der Waals surface area contributed by atoms with Crippen LogP contribution in [0.1, 0.15) is 37.0 Å². The van der Waals surface area contributed by atoms with Gasteiger partial charge in [0.1, 0.15) is 11.8 Å². The molecule has 1 aromatic heterocycles. The molecular weight excluding hydrogens is 222 g/mol. The summed E-state index contributed by atoms with van der Waals surface area (Å²) in [5.41, 5.74) is 0.173. The van der Waals surface area contributed by atoms with Gasteiger partial charge in [0.2, 0.25) is 5.91 Å². The van der Waals surface area contributed by atoms with E-state index in [4.69, 9.17) is 4.52 Å². The third kappa shape index (κ3) is 3.90. The summed E-state index contributed by atoms with van der Waals surface area (Å²) in [6, 6.07) is 0.945. The van der Waals surface area contributed by atoms with Crippen LogP contribution in [0.4, 0.5) is 0 Å². The third-order valence-electron chi connectivity index (χ3n) is 2.03. The van der Waals surface area contributed by atoms with Crippen molar-refractivity contribution in [3.8, 4) is 0 Å². The summed E-state index contributed by atoms with van der Waals surface area (Å²) in [6.45, 7) is 7.02. The van der Waals surface area contributed by atoms with E-state index in [2.05, 4.69) is 15.8 Å². The minimum Gasteiger partial charge on any atom is -0.361 e. The molecule has 1 unspecified atom stereocenters. The van der Waals surface area contributed by atoms with Gasteiger partial charge in [-0.05, 0) is 27.7 Å². The minimum atomic E-state index is -0.609. The molecule has 0 aliphatic heterocycles. The predicted molar refractivity (Wildman–Crippen MR) is 61.4 cm³/mol. The molecule has 2 amide bonds. The average Bonchev–Trinajstić information content (AvgIpc) is 2.63. The number of hydrogen-bond donors (Lipinski definition) is 2. The lowest BCUT2D eigenvalue weighted by molar-refractivity contribution is -0.123. The molecule has 0 saturated heterocycles. The van der Waals surface area contributed by atoms with Crippen LogP contribution in [0.25, 0.3) is 0 Å². The first-order valence-electron chi connectivity index (χ1n) is 5.44. The first-order chi connectivity index (χ1) is 7.90. The molecule has 0 fully saturated rings. The molecule has 1 aromatic rings. The highest BCUT2D eigenvalue weighted by atomic mass is 16.5. The lowest BCUT2D eigenvalue weighted by atomic mass is 10.2. The van der Waals surface area contributed by atoms with E-state index in [0.717, 1.165) is 0 Å². The zero-order valence-electron chi connectivity index (χ0n) is 10.4. The number of nitrogens with zero attached hydrogens (tertiary/aromatic N) is 1. The molecule has 0 spiro atoms. The summed E-state index contributed by atoms with van der Waals surface area (Å²) in [5, 5.41) is 8.82. The SMILES string of the molecule is Cc1cc(C(=O)NC(C)C(=O)NC(C)C)no1. The Hall–Kier alpha value is -1.85. The molecule has 1 rings (SSSR count). The maximum Gasteiger partial charge on any atom is 0.274 e. The van der Waals surface area contributed by atoms with Gasteiger partial charge >= 0.3 is 0 Å². The molecule has 1 atom stereocenters. The Morgan fingerprint density at radius 3 is 2.41 bits per heavy atom. The van der Waals surface area contributed by atoms with Crippen LogP contribution in [0.3, 0.4) is 0 Å². The van der Waals surface area contributed by atoms with Crippen molar-refractivity contribution in [3.05, 3.63) is 17.5 Å². The molecule has 0 aliphatic carbocycles. The molecule has 6 heteroatoms. The van der Waals surface area contributed by atoms with E-state index >= 15 is 0 Å². The van der Waals surface area contributed by atoms with Crippen molar-refractivity contribution in [1.82, 2.24) is 15.8 Å². The summed E-state index contributed by atoms with van der Waals surface area (Å²) in [7, 11) is 0. The Labute approximate surface area is 99.7 Å². The first kappa shape index (κ1) is 13.2. The molecular formula is C11H17N3O3. The van der Waals surface area contributed by atoms with Crippen LogP contribution in [0.15, 0.2) is 10.6 Å². The third-order valence-corrected chi connectivity index (χ3v) is 2.03. The lowest BCUT2D eigenvalue weighted by Gasteiger charge is -2.15. The maximum atomic E-state index is 11.6. The fourth-order valence-electron chi connectivity index (χ4n) is 1.22. The number of carbonyl (C=O) groups excluding carboxylic acids is 2. The zero-order chi connectivity index (χ0) is 13.0. The van der Waals surface area contributed by atoms with E-state index in [1.807, 2.05) is 13.8 Å². The summed E-state index contributed by atoms with van der Waals surface area (Å²) in [5.74, 6) is -0.101. The van der Waals surface area contributed by atoms with E-state index in [1.165, 1.54) is 6.07 Å². The van der Waals surface area contributed by atoms with Gasteiger partial charge in [-0.15, -0.1) is 0 Å². The molecule has 94 valence electrons. The van der Waals surface area contributed by atoms with E-state index < -0.39 is 11.9 Å². The summed E-state index contributed by atoms with van der Waals surface area (Å²) in [4.78, 5) is 23.2. The Morgan fingerprint density at radius 2 is 1.94 bits per heavy atom. The number of aromatic nitrogens is 1. The van der Waals surface area contributed by atoms with Crippen molar-refractivity contribution in [2.75, 3.05) is 0 Å². The topological polar surface area (TPSA) is 84.2 Å². The number of amides is 2. The van der Waals surface area contributed by atoms with E-state index in [9.17, 15) is 9.59 Å². The molecule has 1 heterocycles. The predicted octanol–water partition coefficient (Wildman–Crippen LogP) is 0.626. The lowest BCUT2D eigenvalue weighted by Crippen LogP contribution is -2.46. The Balaban J connectivity index is 2.54. The molecule has 2 N–H and O–H groups in total. The normalized spacial score (nSPS) is 12.3. The van der Waals surface area contributed by atoms with Crippen LogP contribution < -0.4 is 10.6 Å². The summed E-state index contributed by atoms with van der Waals surface area (Å²) in [6.07, 6.45) is 0. The van der Waals surface area contributed by atoms with Crippen LogP contribution in [-0.2, 0) is 4.79 Å². The molecule has 6 nitrogen and oxygen atoms in total. The van der Waals surface area contributed by atoms with Gasteiger partial charge in [0, 0.05) is 12.1 Å². The van der Waals surface area contributed by atoms with Crippen molar-refractivity contribution in [2.24, 2.45) is 0 Å². The number of carbonyl (C=O) groups is 2. The maximum absolute atomic E-state index is 11.6. The van der Waals surface area contributed by atoms with Crippen LogP contribution in [0, 0.1) is 6.92 Å². The van der Waals surface area contributed by atoms with Gasteiger partial charge in [-0.2, -0.15) is 0 Å². The quantitative estimate of drug-likeness (QED) is 0.807. The van der Waals surface area contributed by atoms with Crippen LogP contribution in [-0.4, -0.2) is 29.1 Å². The second kappa shape index (κ2) is 5.47. The second-order valence-corrected chi connectivity index (χ2v) is 4.18. The van der Waals surface area contributed by atoms with Crippen molar-refractivity contribution in [1.29, 1.82) is 0 Å². The zero-order valence-corrected chi connectivity index (χ0v) is 10.4. The molecule has 0 bridgehead atoms. The Kier molecular flexibility index (Phi) is 4.25. The van der Waals surface area contributed by atoms with Crippen LogP contribution in [0.2, 0.25) is 0 Å². The van der Waals surface area contributed by atoms with E-state index in [1.54, 1.807) is 13.8 Å². The highest BCUT2D eigenvalue weighted by molar-refractivity contribution is 5.95. The molecule has 17 heavy (non-hydrogen) atoms. The fourth-order valence-corrected chi connectivity index (χ4v) is 1.22. The monoisotopic (exact) mass is 239 g/mol. The second-order valence-electron chi connectivity index (χ2n) is 4.18. The number of hydrogen-bond acceptors (Lipinski definition) is 4. The van der Waals surface area contributed by atoms with Crippen molar-refractivity contribution in [3.63, 3.8) is 0 Å². The molecule has 0 aliphatic rings. The number of rotatable bonds is 4. The molecule has 0 saturated carbocycles. The Bertz CT molecular complexity index is 412. The minimum absolute atomic E-state index is 0.0381. The van der Waals surface area contributed by atoms with Crippen LogP contribution >= 0.6 is 0 Å². The van der Waals surface area contributed by atoms with E-state index in [-0.39, 0.29) is 17.6 Å². The fraction of sp³-hybridized carbons (Fsp3) is 0.545. The van der Waals surface area contributed by atoms with Crippen LogP contribution in [0.5, 0.6) is 0 Å². The smallest absolute Gasteiger partial charge is 0.274 e. The van der Waals surface area contributed by atoms with Gasteiger partial charge in [0.25, 0.3) is 5.91 Å².